The number of carbonyl (C=O) groups is 1. The number of esters is 1. The second kappa shape index (κ2) is 8.79. The van der Waals surface area contributed by atoms with Crippen molar-refractivity contribution in [3.05, 3.63) is 35.9 Å². The van der Waals surface area contributed by atoms with E-state index in [4.69, 9.17) is 14.2 Å². The van der Waals surface area contributed by atoms with Gasteiger partial charge in [0.15, 0.2) is 0 Å². The Morgan fingerprint density at radius 1 is 1.26 bits per heavy atom. The molecule has 4 aliphatic rings. The minimum Gasteiger partial charge on any atom is -0.497 e. The summed E-state index contributed by atoms with van der Waals surface area (Å²) in [4.78, 5) is 17.3. The van der Waals surface area contributed by atoms with Gasteiger partial charge in [-0.05, 0) is 37.4 Å². The molecule has 0 amide bonds. The van der Waals surface area contributed by atoms with Crippen molar-refractivity contribution >= 4 is 11.7 Å². The van der Waals surface area contributed by atoms with Gasteiger partial charge in [0.25, 0.3) is 0 Å². The van der Waals surface area contributed by atoms with Crippen LogP contribution in [0.4, 0.5) is 5.69 Å². The molecule has 0 bridgehead atoms. The number of methoxy groups -OCH3 is 1. The molecule has 1 aromatic rings. The molecule has 1 aliphatic carbocycles. The molecular weight excluding hydrogens is 444 g/mol. The molecule has 35 heavy (non-hydrogen) atoms. The van der Waals surface area contributed by atoms with E-state index in [0.717, 1.165) is 50.2 Å². The lowest BCUT2D eigenvalue weighted by Gasteiger charge is -2.64. The predicted octanol–water partition coefficient (Wildman–Crippen LogP) is 3.29. The number of benzene rings is 1. The molecule has 7 heteroatoms. The highest BCUT2D eigenvalue weighted by molar-refractivity contribution is 5.71. The van der Waals surface area contributed by atoms with Crippen LogP contribution >= 0.6 is 0 Å². The Kier molecular flexibility index (Phi) is 6.17. The number of unbranched alkanes of at least 4 members (excludes halogenated alkanes) is 1. The summed E-state index contributed by atoms with van der Waals surface area (Å²) in [6.45, 7) is 8.22. The number of hydrogen-bond acceptors (Lipinski definition) is 7. The summed E-state index contributed by atoms with van der Waals surface area (Å²) < 4.78 is 17.9. The summed E-state index contributed by atoms with van der Waals surface area (Å²) in [6.07, 6.45) is 7.34. The van der Waals surface area contributed by atoms with Gasteiger partial charge in [0.05, 0.1) is 19.8 Å². The lowest BCUT2D eigenvalue weighted by Crippen LogP contribution is -2.80. The average molecular weight is 485 g/mol. The van der Waals surface area contributed by atoms with Gasteiger partial charge in [-0.15, -0.1) is 0 Å². The van der Waals surface area contributed by atoms with E-state index >= 15 is 0 Å². The first-order valence-corrected chi connectivity index (χ1v) is 13.1. The van der Waals surface area contributed by atoms with Crippen molar-refractivity contribution in [2.24, 2.45) is 5.41 Å². The topological polar surface area (TPSA) is 71.5 Å². The van der Waals surface area contributed by atoms with Crippen LogP contribution in [0.15, 0.2) is 30.4 Å². The number of rotatable bonds is 8. The molecule has 192 valence electrons. The zero-order valence-electron chi connectivity index (χ0n) is 21.8. The first-order valence-electron chi connectivity index (χ1n) is 13.1. The maximum Gasteiger partial charge on any atom is 0.303 e. The van der Waals surface area contributed by atoms with Gasteiger partial charge in [0.1, 0.15) is 17.5 Å². The Labute approximate surface area is 209 Å². The van der Waals surface area contributed by atoms with E-state index in [1.807, 2.05) is 6.07 Å². The van der Waals surface area contributed by atoms with Crippen LogP contribution in [0.1, 0.15) is 52.0 Å². The molecule has 1 aromatic carbocycles. The van der Waals surface area contributed by atoms with Gasteiger partial charge in [-0.1, -0.05) is 38.5 Å². The van der Waals surface area contributed by atoms with Gasteiger partial charge in [0, 0.05) is 55.7 Å². The lowest BCUT2D eigenvalue weighted by molar-refractivity contribution is -0.233. The SMILES string of the molecule is CCCCOC[C@@]1(O)[C@H](OC(C)=O)[C@]2(CC)C=CCN3CC[C@@]4(c5ccc(OC)cc5N(C)[C@@H]14)[C@@H]32. The predicted molar refractivity (Wildman–Crippen MR) is 135 cm³/mol. The van der Waals surface area contributed by atoms with E-state index < -0.39 is 17.1 Å². The summed E-state index contributed by atoms with van der Waals surface area (Å²) in [5.41, 5.74) is 0.0783. The number of nitrogens with zero attached hydrogens (tertiary/aromatic N) is 2. The van der Waals surface area contributed by atoms with Crippen LogP contribution in [0.5, 0.6) is 5.75 Å². The maximum atomic E-state index is 12.8. The lowest BCUT2D eigenvalue weighted by atomic mass is 9.48. The Morgan fingerprint density at radius 2 is 2.06 bits per heavy atom. The molecule has 7 nitrogen and oxygen atoms in total. The molecular formula is C28H40N2O5. The number of fused-ring (bicyclic) bond motifs is 1. The third kappa shape index (κ3) is 3.24. The standard InChI is InChI=1S/C28H40N2O5/c1-6-8-16-34-18-28(32)24-27(21-11-10-20(33-5)17-22(21)29(24)4)13-15-30-14-9-12-26(7-2,23(27)30)25(28)35-19(3)31/h9-12,17,23-25,32H,6-8,13-16,18H2,1-5H3/t23-,24+,25+,26+,27+,28-/m0/s1. The minimum absolute atomic E-state index is 0.104. The highest BCUT2D eigenvalue weighted by Crippen LogP contribution is 2.67. The van der Waals surface area contributed by atoms with E-state index in [1.165, 1.54) is 12.5 Å². The fourth-order valence-electron chi connectivity index (χ4n) is 8.09. The minimum atomic E-state index is -1.40. The van der Waals surface area contributed by atoms with Gasteiger partial charge in [-0.3, -0.25) is 9.69 Å². The maximum absolute atomic E-state index is 12.8. The fourth-order valence-corrected chi connectivity index (χ4v) is 8.09. The monoisotopic (exact) mass is 484 g/mol. The normalized spacial score (nSPS) is 37.1. The van der Waals surface area contributed by atoms with Crippen molar-refractivity contribution in [2.75, 3.05) is 45.4 Å². The van der Waals surface area contributed by atoms with Crippen LogP contribution in [0.3, 0.4) is 0 Å². The van der Waals surface area contributed by atoms with E-state index in [2.05, 4.69) is 55.0 Å². The van der Waals surface area contributed by atoms with Crippen molar-refractivity contribution in [1.82, 2.24) is 4.90 Å². The van der Waals surface area contributed by atoms with Gasteiger partial charge in [-0.2, -0.15) is 0 Å². The van der Waals surface area contributed by atoms with Crippen LogP contribution in [0.2, 0.25) is 0 Å². The quantitative estimate of drug-likeness (QED) is 0.345. The number of hydrogen-bond donors (Lipinski definition) is 1. The third-order valence-corrected chi connectivity index (χ3v) is 9.19. The van der Waals surface area contributed by atoms with E-state index in [1.54, 1.807) is 7.11 Å². The van der Waals surface area contributed by atoms with E-state index in [9.17, 15) is 9.90 Å². The molecule has 2 fully saturated rings. The number of likely N-dealkylation sites (N-methyl/N-ethyl adjacent to an activating group) is 1. The highest BCUT2D eigenvalue weighted by atomic mass is 16.6. The van der Waals surface area contributed by atoms with E-state index in [-0.39, 0.29) is 30.1 Å². The molecule has 1 saturated carbocycles. The number of ether oxygens (including phenoxy) is 3. The summed E-state index contributed by atoms with van der Waals surface area (Å²) in [5, 5.41) is 12.8. The molecule has 1 saturated heterocycles. The molecule has 0 radical (unpaired) electrons. The van der Waals surface area contributed by atoms with Gasteiger partial charge in [-0.25, -0.2) is 0 Å². The molecule has 5 rings (SSSR count). The Hall–Kier alpha value is -2.09. The third-order valence-electron chi connectivity index (χ3n) is 9.19. The zero-order chi connectivity index (χ0) is 25.0. The first kappa shape index (κ1) is 24.6. The second-order valence-electron chi connectivity index (χ2n) is 10.8. The van der Waals surface area contributed by atoms with Crippen LogP contribution in [0.25, 0.3) is 0 Å². The zero-order valence-corrected chi connectivity index (χ0v) is 21.8. The van der Waals surface area contributed by atoms with Crippen molar-refractivity contribution in [3.63, 3.8) is 0 Å². The van der Waals surface area contributed by atoms with Crippen molar-refractivity contribution < 1.29 is 24.1 Å². The smallest absolute Gasteiger partial charge is 0.303 e. The van der Waals surface area contributed by atoms with Crippen molar-refractivity contribution in [3.8, 4) is 5.75 Å². The van der Waals surface area contributed by atoms with Gasteiger partial charge in [0.2, 0.25) is 0 Å². The molecule has 0 unspecified atom stereocenters. The molecule has 0 aromatic heterocycles. The summed E-state index contributed by atoms with van der Waals surface area (Å²) in [6, 6.07) is 6.11. The Bertz CT molecular complexity index is 1010. The molecule has 3 heterocycles. The average Bonchev–Trinajstić information content (AvgIpc) is 3.36. The Balaban J connectivity index is 1.75. The molecule has 1 N–H and O–H groups in total. The van der Waals surface area contributed by atoms with E-state index in [0.29, 0.717) is 6.61 Å². The Morgan fingerprint density at radius 3 is 2.74 bits per heavy atom. The van der Waals surface area contributed by atoms with Crippen LogP contribution in [-0.2, 0) is 19.7 Å². The summed E-state index contributed by atoms with van der Waals surface area (Å²) in [7, 11) is 3.74. The second-order valence-corrected chi connectivity index (χ2v) is 10.8. The largest absolute Gasteiger partial charge is 0.497 e. The summed E-state index contributed by atoms with van der Waals surface area (Å²) in [5.74, 6) is 0.427. The highest BCUT2D eigenvalue weighted by Gasteiger charge is 2.77. The van der Waals surface area contributed by atoms with Crippen molar-refractivity contribution in [2.45, 2.75) is 75.7 Å². The molecule has 3 aliphatic heterocycles. The van der Waals surface area contributed by atoms with Crippen molar-refractivity contribution in [1.29, 1.82) is 0 Å². The number of aliphatic hydroxyl groups is 1. The van der Waals surface area contributed by atoms with Crippen LogP contribution < -0.4 is 9.64 Å². The summed E-state index contributed by atoms with van der Waals surface area (Å²) >= 11 is 0. The number of carbonyl (C=O) groups excluding carboxylic acids is 1. The van der Waals surface area contributed by atoms with Gasteiger partial charge < -0.3 is 24.2 Å². The van der Waals surface area contributed by atoms with Crippen LogP contribution in [0, 0.1) is 5.41 Å². The number of anilines is 1. The first-order chi connectivity index (χ1) is 16.8. The molecule has 1 spiro atoms. The fraction of sp³-hybridized carbons (Fsp3) is 0.679. The van der Waals surface area contributed by atoms with Crippen LogP contribution in [-0.4, -0.2) is 80.2 Å². The van der Waals surface area contributed by atoms with Gasteiger partial charge >= 0.3 is 5.97 Å². The molecule has 6 atom stereocenters.